The summed E-state index contributed by atoms with van der Waals surface area (Å²) >= 11 is 0. The van der Waals surface area contributed by atoms with Gasteiger partial charge in [-0.1, -0.05) is 30.3 Å². The Morgan fingerprint density at radius 2 is 1.84 bits per heavy atom. The molecule has 3 aromatic carbocycles. The topological polar surface area (TPSA) is 88.5 Å². The maximum atomic E-state index is 13.5. The van der Waals surface area contributed by atoms with Crippen molar-refractivity contribution in [2.75, 3.05) is 13.7 Å². The van der Waals surface area contributed by atoms with E-state index in [1.54, 1.807) is 7.11 Å². The first-order chi connectivity index (χ1) is 15.6. The number of benzene rings is 3. The molecule has 1 N–H and O–H groups in total. The standard InChI is InChI=1S/C25H21N3O4/c1-32-19-11-12-22-21(15-19)20-13-14-27(24(23(20)26-22)16-5-3-2-4-6-16)25(29)17-7-9-18(10-8-17)28(30)31/h2-12,15,24,26H,13-14H2,1H3. The SMILES string of the molecule is COc1ccc2[nH]c3c(c2c1)CCN(C(=O)c1ccc([N+](=O)[O-])cc1)C3c1ccccc1. The number of carbonyl (C=O) groups excluding carboxylic acids is 1. The summed E-state index contributed by atoms with van der Waals surface area (Å²) in [5.74, 6) is 0.635. The van der Waals surface area contributed by atoms with Crippen LogP contribution in [-0.4, -0.2) is 34.4 Å². The molecule has 1 aliphatic rings. The van der Waals surface area contributed by atoms with Crippen molar-refractivity contribution in [3.05, 3.63) is 105 Å². The van der Waals surface area contributed by atoms with E-state index in [9.17, 15) is 14.9 Å². The summed E-state index contributed by atoms with van der Waals surface area (Å²) in [5, 5.41) is 12.1. The molecule has 2 heterocycles. The van der Waals surface area contributed by atoms with E-state index < -0.39 is 4.92 Å². The summed E-state index contributed by atoms with van der Waals surface area (Å²) < 4.78 is 5.41. The number of nitrogens with one attached hydrogen (secondary N) is 1. The fraction of sp³-hybridized carbons (Fsp3) is 0.160. The molecule has 0 fully saturated rings. The van der Waals surface area contributed by atoms with E-state index >= 15 is 0 Å². The first kappa shape index (κ1) is 19.8. The van der Waals surface area contributed by atoms with Gasteiger partial charge in [-0.2, -0.15) is 0 Å². The molecular formula is C25H21N3O4. The number of nitro groups is 1. The Morgan fingerprint density at radius 1 is 1.09 bits per heavy atom. The third-order valence-electron chi connectivity index (χ3n) is 6.04. The number of non-ortho nitro benzene ring substituents is 1. The van der Waals surface area contributed by atoms with Gasteiger partial charge in [0.2, 0.25) is 0 Å². The van der Waals surface area contributed by atoms with Crippen molar-refractivity contribution in [3.8, 4) is 5.75 Å². The van der Waals surface area contributed by atoms with Crippen molar-refractivity contribution in [2.45, 2.75) is 12.5 Å². The number of nitrogens with zero attached hydrogens (tertiary/aromatic N) is 2. The zero-order valence-corrected chi connectivity index (χ0v) is 17.4. The van der Waals surface area contributed by atoms with Crippen LogP contribution in [0.4, 0.5) is 5.69 Å². The second kappa shape index (κ2) is 7.85. The Bertz CT molecular complexity index is 1310. The van der Waals surface area contributed by atoms with Crippen molar-refractivity contribution >= 4 is 22.5 Å². The van der Waals surface area contributed by atoms with Crippen LogP contribution in [-0.2, 0) is 6.42 Å². The number of aromatic nitrogens is 1. The van der Waals surface area contributed by atoms with E-state index in [4.69, 9.17) is 4.74 Å². The number of carbonyl (C=O) groups is 1. The van der Waals surface area contributed by atoms with Gasteiger partial charge in [0, 0.05) is 40.8 Å². The maximum Gasteiger partial charge on any atom is 0.269 e. The first-order valence-electron chi connectivity index (χ1n) is 10.4. The van der Waals surface area contributed by atoms with Gasteiger partial charge in [-0.05, 0) is 47.9 Å². The highest BCUT2D eigenvalue weighted by atomic mass is 16.6. The molecule has 1 aromatic heterocycles. The Hall–Kier alpha value is -4.13. The number of methoxy groups -OCH3 is 1. The van der Waals surface area contributed by atoms with Crippen molar-refractivity contribution in [1.82, 2.24) is 9.88 Å². The Balaban J connectivity index is 1.61. The number of fused-ring (bicyclic) bond motifs is 3. The summed E-state index contributed by atoms with van der Waals surface area (Å²) in [7, 11) is 1.65. The molecule has 32 heavy (non-hydrogen) atoms. The van der Waals surface area contributed by atoms with Gasteiger partial charge in [-0.3, -0.25) is 14.9 Å². The van der Waals surface area contributed by atoms with Gasteiger partial charge in [-0.15, -0.1) is 0 Å². The van der Waals surface area contributed by atoms with Crippen molar-refractivity contribution in [2.24, 2.45) is 0 Å². The molecule has 0 radical (unpaired) electrons. The summed E-state index contributed by atoms with van der Waals surface area (Å²) in [6.45, 7) is 0.534. The monoisotopic (exact) mass is 427 g/mol. The van der Waals surface area contributed by atoms with Crippen LogP contribution in [0.3, 0.4) is 0 Å². The van der Waals surface area contributed by atoms with Crippen LogP contribution in [0.15, 0.2) is 72.8 Å². The third-order valence-corrected chi connectivity index (χ3v) is 6.04. The van der Waals surface area contributed by atoms with Crippen LogP contribution in [0, 0.1) is 10.1 Å². The fourth-order valence-electron chi connectivity index (χ4n) is 4.49. The highest BCUT2D eigenvalue weighted by molar-refractivity contribution is 5.96. The molecule has 1 aliphatic heterocycles. The number of aromatic amines is 1. The minimum absolute atomic E-state index is 0.0355. The van der Waals surface area contributed by atoms with Gasteiger partial charge in [0.15, 0.2) is 0 Å². The number of nitro benzene ring substituents is 1. The zero-order valence-electron chi connectivity index (χ0n) is 17.4. The summed E-state index contributed by atoms with van der Waals surface area (Å²) in [5.41, 5.74) is 4.56. The van der Waals surface area contributed by atoms with Crippen LogP contribution in [0.2, 0.25) is 0 Å². The average Bonchev–Trinajstić information content (AvgIpc) is 3.21. The number of hydrogen-bond acceptors (Lipinski definition) is 4. The van der Waals surface area contributed by atoms with E-state index in [-0.39, 0.29) is 17.6 Å². The number of hydrogen-bond donors (Lipinski definition) is 1. The molecule has 1 atom stereocenters. The minimum Gasteiger partial charge on any atom is -0.497 e. The molecule has 5 rings (SSSR count). The van der Waals surface area contributed by atoms with Crippen LogP contribution < -0.4 is 4.74 Å². The van der Waals surface area contributed by atoms with Crippen molar-refractivity contribution in [3.63, 3.8) is 0 Å². The Labute approximate surface area is 184 Å². The molecule has 7 nitrogen and oxygen atoms in total. The lowest BCUT2D eigenvalue weighted by molar-refractivity contribution is -0.384. The lowest BCUT2D eigenvalue weighted by Crippen LogP contribution is -2.40. The molecule has 1 amide bonds. The largest absolute Gasteiger partial charge is 0.497 e. The molecule has 0 saturated heterocycles. The van der Waals surface area contributed by atoms with Crippen LogP contribution in [0.25, 0.3) is 10.9 Å². The number of rotatable bonds is 4. The Kier molecular flexibility index (Phi) is 4.86. The molecule has 0 aliphatic carbocycles. The molecule has 0 spiro atoms. The van der Waals surface area contributed by atoms with Gasteiger partial charge in [0.1, 0.15) is 5.75 Å². The summed E-state index contributed by atoms with van der Waals surface area (Å²) in [6, 6.07) is 21.3. The Morgan fingerprint density at radius 3 is 2.53 bits per heavy atom. The van der Waals surface area contributed by atoms with E-state index in [1.807, 2.05) is 53.4 Å². The van der Waals surface area contributed by atoms with E-state index in [0.29, 0.717) is 18.5 Å². The van der Waals surface area contributed by atoms with Crippen molar-refractivity contribution in [1.29, 1.82) is 0 Å². The average molecular weight is 427 g/mol. The lowest BCUT2D eigenvalue weighted by Gasteiger charge is -2.36. The maximum absolute atomic E-state index is 13.5. The molecule has 7 heteroatoms. The lowest BCUT2D eigenvalue weighted by atomic mass is 9.91. The van der Waals surface area contributed by atoms with Crippen molar-refractivity contribution < 1.29 is 14.5 Å². The van der Waals surface area contributed by atoms with E-state index in [2.05, 4.69) is 4.98 Å². The molecule has 1 unspecified atom stereocenters. The zero-order chi connectivity index (χ0) is 22.2. The minimum atomic E-state index is -0.465. The highest BCUT2D eigenvalue weighted by Gasteiger charge is 2.35. The van der Waals surface area contributed by atoms with E-state index in [0.717, 1.165) is 27.9 Å². The van der Waals surface area contributed by atoms with Gasteiger partial charge in [0.25, 0.3) is 11.6 Å². The number of H-pyrrole nitrogens is 1. The second-order valence-electron chi connectivity index (χ2n) is 7.79. The smallest absolute Gasteiger partial charge is 0.269 e. The van der Waals surface area contributed by atoms with Gasteiger partial charge >= 0.3 is 0 Å². The quantitative estimate of drug-likeness (QED) is 0.372. The normalized spacial score (nSPS) is 15.4. The van der Waals surface area contributed by atoms with E-state index in [1.165, 1.54) is 29.8 Å². The van der Waals surface area contributed by atoms with Gasteiger partial charge in [-0.25, -0.2) is 0 Å². The molecule has 160 valence electrons. The predicted octanol–water partition coefficient (Wildman–Crippen LogP) is 4.87. The molecular weight excluding hydrogens is 406 g/mol. The summed E-state index contributed by atoms with van der Waals surface area (Å²) in [4.78, 5) is 29.4. The second-order valence-corrected chi connectivity index (χ2v) is 7.79. The predicted molar refractivity (Wildman–Crippen MR) is 121 cm³/mol. The molecule has 0 bridgehead atoms. The summed E-state index contributed by atoms with van der Waals surface area (Å²) in [6.07, 6.45) is 0.699. The molecule has 4 aromatic rings. The number of ether oxygens (including phenoxy) is 1. The third kappa shape index (κ3) is 3.28. The van der Waals surface area contributed by atoms with Crippen LogP contribution >= 0.6 is 0 Å². The van der Waals surface area contributed by atoms with Gasteiger partial charge < -0.3 is 14.6 Å². The highest BCUT2D eigenvalue weighted by Crippen LogP contribution is 2.40. The molecule has 0 saturated carbocycles. The van der Waals surface area contributed by atoms with Crippen LogP contribution in [0.5, 0.6) is 5.75 Å². The van der Waals surface area contributed by atoms with Crippen LogP contribution in [0.1, 0.15) is 33.2 Å². The fourth-order valence-corrected chi connectivity index (χ4v) is 4.49. The van der Waals surface area contributed by atoms with Gasteiger partial charge in [0.05, 0.1) is 18.1 Å². The first-order valence-corrected chi connectivity index (χ1v) is 10.4. The number of amides is 1.